The number of ether oxygens (including phenoxy) is 1. The number of hydrogen-bond acceptors (Lipinski definition) is 4. The zero-order chi connectivity index (χ0) is 23.2. The Labute approximate surface area is 196 Å². The number of nitrogens with one attached hydrogen (secondary N) is 1. The van der Waals surface area contributed by atoms with Crippen molar-refractivity contribution in [2.24, 2.45) is 5.92 Å². The van der Waals surface area contributed by atoms with Crippen LogP contribution in [0.5, 0.6) is 5.75 Å². The van der Waals surface area contributed by atoms with E-state index in [2.05, 4.69) is 53.4 Å². The van der Waals surface area contributed by atoms with Gasteiger partial charge in [-0.15, -0.1) is 0 Å². The fraction of sp³-hybridized carbons (Fsp3) is 0.407. The first-order valence-electron chi connectivity index (χ1n) is 11.8. The minimum Gasteiger partial charge on any atom is -0.496 e. The number of rotatable bonds is 8. The first-order chi connectivity index (χ1) is 16.0. The number of benzene rings is 2. The molecular weight excluding hydrogens is 412 g/mol. The number of nitrogens with zero attached hydrogens (tertiary/aromatic N) is 3. The third-order valence-electron chi connectivity index (χ3n) is 6.24. The Morgan fingerprint density at radius 1 is 1.06 bits per heavy atom. The van der Waals surface area contributed by atoms with E-state index in [9.17, 15) is 4.79 Å². The van der Waals surface area contributed by atoms with Crippen LogP contribution in [0, 0.1) is 5.92 Å². The molecule has 174 valence electrons. The Kier molecular flexibility index (Phi) is 7.45. The Morgan fingerprint density at radius 3 is 2.45 bits per heavy atom. The molecule has 2 aromatic carbocycles. The Hall–Kier alpha value is -3.12. The first kappa shape index (κ1) is 23.1. The second-order valence-corrected chi connectivity index (χ2v) is 9.24. The average molecular weight is 447 g/mol. The molecule has 4 rings (SSSR count). The molecule has 2 heterocycles. The summed E-state index contributed by atoms with van der Waals surface area (Å²) in [5.41, 5.74) is 3.29. The van der Waals surface area contributed by atoms with Crippen molar-refractivity contribution in [3.63, 3.8) is 0 Å². The maximum absolute atomic E-state index is 12.8. The van der Waals surface area contributed by atoms with Gasteiger partial charge in [0.2, 0.25) is 0 Å². The van der Waals surface area contributed by atoms with Crippen molar-refractivity contribution in [1.29, 1.82) is 0 Å². The molecule has 6 heteroatoms. The summed E-state index contributed by atoms with van der Waals surface area (Å²) < 4.78 is 7.29. The fourth-order valence-electron chi connectivity index (χ4n) is 4.55. The number of carbonyl (C=O) groups is 1. The van der Waals surface area contributed by atoms with Crippen LogP contribution >= 0.6 is 0 Å². The Balaban J connectivity index is 1.33. The molecule has 0 unspecified atom stereocenters. The van der Waals surface area contributed by atoms with Crippen LogP contribution in [0.15, 0.2) is 60.8 Å². The highest BCUT2D eigenvalue weighted by molar-refractivity contribution is 6.05. The minimum atomic E-state index is -0.187. The van der Waals surface area contributed by atoms with E-state index in [4.69, 9.17) is 4.74 Å². The molecule has 3 aromatic rings. The lowest BCUT2D eigenvalue weighted by Crippen LogP contribution is -2.35. The highest BCUT2D eigenvalue weighted by Gasteiger charge is 2.24. The van der Waals surface area contributed by atoms with Crippen LogP contribution in [0.2, 0.25) is 0 Å². The number of anilines is 1. The van der Waals surface area contributed by atoms with Crippen LogP contribution in [0.1, 0.15) is 54.2 Å². The van der Waals surface area contributed by atoms with Gasteiger partial charge in [-0.2, -0.15) is 5.10 Å². The number of amides is 1. The van der Waals surface area contributed by atoms with E-state index in [0.29, 0.717) is 17.2 Å². The van der Waals surface area contributed by atoms with Gasteiger partial charge in [0.15, 0.2) is 0 Å². The first-order valence-corrected chi connectivity index (χ1v) is 11.8. The van der Waals surface area contributed by atoms with Gasteiger partial charge >= 0.3 is 0 Å². The quantitative estimate of drug-likeness (QED) is 0.518. The molecule has 1 aliphatic rings. The van der Waals surface area contributed by atoms with Gasteiger partial charge in [0.05, 0.1) is 24.9 Å². The maximum Gasteiger partial charge on any atom is 0.260 e. The molecule has 0 aliphatic carbocycles. The van der Waals surface area contributed by atoms with Gasteiger partial charge in [0.1, 0.15) is 11.6 Å². The van der Waals surface area contributed by atoms with Crippen LogP contribution in [0.25, 0.3) is 0 Å². The monoisotopic (exact) mass is 446 g/mol. The third kappa shape index (κ3) is 5.82. The van der Waals surface area contributed by atoms with E-state index in [1.807, 2.05) is 22.9 Å². The zero-order valence-electron chi connectivity index (χ0n) is 19.8. The second-order valence-electron chi connectivity index (χ2n) is 9.24. The molecule has 33 heavy (non-hydrogen) atoms. The summed E-state index contributed by atoms with van der Waals surface area (Å²) in [5.74, 6) is 1.78. The predicted octanol–water partition coefficient (Wildman–Crippen LogP) is 5.18. The lowest BCUT2D eigenvalue weighted by Gasteiger charge is -2.32. The van der Waals surface area contributed by atoms with E-state index in [1.54, 1.807) is 25.4 Å². The van der Waals surface area contributed by atoms with Crippen LogP contribution in [-0.2, 0) is 13.0 Å². The molecule has 6 nitrogen and oxygen atoms in total. The molecule has 1 saturated heterocycles. The Morgan fingerprint density at radius 2 is 1.76 bits per heavy atom. The van der Waals surface area contributed by atoms with Crippen molar-refractivity contribution in [3.05, 3.63) is 77.5 Å². The van der Waals surface area contributed by atoms with Crippen molar-refractivity contribution in [1.82, 2.24) is 14.7 Å². The number of para-hydroxylation sites is 1. The van der Waals surface area contributed by atoms with Gasteiger partial charge in [-0.05, 0) is 48.4 Å². The van der Waals surface area contributed by atoms with Gasteiger partial charge < -0.3 is 10.1 Å². The van der Waals surface area contributed by atoms with Crippen LogP contribution in [-0.4, -0.2) is 40.8 Å². The summed E-state index contributed by atoms with van der Waals surface area (Å²) in [4.78, 5) is 15.3. The molecule has 0 radical (unpaired) electrons. The molecule has 0 spiro atoms. The van der Waals surface area contributed by atoms with Crippen molar-refractivity contribution < 1.29 is 9.53 Å². The summed E-state index contributed by atoms with van der Waals surface area (Å²) in [6.45, 7) is 7.52. The number of hydrogen-bond donors (Lipinski definition) is 1. The van der Waals surface area contributed by atoms with Crippen LogP contribution < -0.4 is 10.1 Å². The van der Waals surface area contributed by atoms with E-state index in [0.717, 1.165) is 44.7 Å². The van der Waals surface area contributed by atoms with Crippen molar-refractivity contribution in [2.75, 3.05) is 25.5 Å². The Bertz CT molecular complexity index is 1050. The normalized spacial score (nSPS) is 15.0. The molecule has 1 N–H and O–H groups in total. The molecule has 1 aliphatic heterocycles. The highest BCUT2D eigenvalue weighted by atomic mass is 16.5. The minimum absolute atomic E-state index is 0.187. The molecule has 0 bridgehead atoms. The lowest BCUT2D eigenvalue weighted by atomic mass is 10.0. The SMILES string of the molecule is COc1ccccc1C(=O)Nc1ccnn1C1CCN(Cc2ccc(CC(C)C)cc2)CC1. The molecule has 1 aromatic heterocycles. The van der Waals surface area contributed by atoms with E-state index < -0.39 is 0 Å². The third-order valence-corrected chi connectivity index (χ3v) is 6.24. The van der Waals surface area contributed by atoms with Gasteiger partial charge in [-0.1, -0.05) is 50.2 Å². The molecule has 0 saturated carbocycles. The van der Waals surface area contributed by atoms with E-state index >= 15 is 0 Å². The molecule has 0 atom stereocenters. The van der Waals surface area contributed by atoms with Crippen molar-refractivity contribution >= 4 is 11.7 Å². The van der Waals surface area contributed by atoms with Gasteiger partial charge in [0, 0.05) is 25.7 Å². The fourth-order valence-corrected chi connectivity index (χ4v) is 4.55. The van der Waals surface area contributed by atoms with Gasteiger partial charge in [0.25, 0.3) is 5.91 Å². The summed E-state index contributed by atoms with van der Waals surface area (Å²) in [6.07, 6.45) is 4.89. The van der Waals surface area contributed by atoms with Crippen LogP contribution in [0.3, 0.4) is 0 Å². The lowest BCUT2D eigenvalue weighted by molar-refractivity contribution is 0.102. The highest BCUT2D eigenvalue weighted by Crippen LogP contribution is 2.27. The number of piperidine rings is 1. The second kappa shape index (κ2) is 10.7. The number of likely N-dealkylation sites (tertiary alicyclic amines) is 1. The zero-order valence-corrected chi connectivity index (χ0v) is 19.8. The predicted molar refractivity (Wildman–Crippen MR) is 132 cm³/mol. The number of carbonyl (C=O) groups excluding carboxylic acids is 1. The maximum atomic E-state index is 12.8. The molecular formula is C27H34N4O2. The number of methoxy groups -OCH3 is 1. The van der Waals surface area contributed by atoms with E-state index in [-0.39, 0.29) is 11.9 Å². The molecule has 1 amide bonds. The van der Waals surface area contributed by atoms with E-state index in [1.165, 1.54) is 11.1 Å². The largest absolute Gasteiger partial charge is 0.496 e. The summed E-state index contributed by atoms with van der Waals surface area (Å²) >= 11 is 0. The number of aromatic nitrogens is 2. The summed E-state index contributed by atoms with van der Waals surface area (Å²) in [6, 6.07) is 18.4. The van der Waals surface area contributed by atoms with Crippen molar-refractivity contribution in [3.8, 4) is 5.75 Å². The summed E-state index contributed by atoms with van der Waals surface area (Å²) in [5, 5.41) is 7.54. The molecule has 1 fully saturated rings. The van der Waals surface area contributed by atoms with Crippen molar-refractivity contribution in [2.45, 2.75) is 45.7 Å². The van der Waals surface area contributed by atoms with Crippen LogP contribution in [0.4, 0.5) is 5.82 Å². The average Bonchev–Trinajstić information content (AvgIpc) is 3.28. The smallest absolute Gasteiger partial charge is 0.260 e. The van der Waals surface area contributed by atoms with Gasteiger partial charge in [-0.25, -0.2) is 4.68 Å². The summed E-state index contributed by atoms with van der Waals surface area (Å²) in [7, 11) is 1.57. The topological polar surface area (TPSA) is 59.4 Å². The van der Waals surface area contributed by atoms with Gasteiger partial charge in [-0.3, -0.25) is 9.69 Å². The standard InChI is InChI=1S/C27H34N4O2/c1-20(2)18-21-8-10-22(11-9-21)19-30-16-13-23(14-17-30)31-26(12-15-28-31)29-27(32)24-6-4-5-7-25(24)33-3/h4-12,15,20,23H,13-14,16-19H2,1-3H3,(H,29,32).